The smallest absolute Gasteiger partial charge is 0.306 e. The Hall–Kier alpha value is -2.03. The Morgan fingerprint density at radius 1 is 0.360 bits per heavy atom. The second-order valence-electron chi connectivity index (χ2n) is 27.7. The molecular formula is C79H150NO8P. The Kier molecular flexibility index (Phi) is 68.7. The fraction of sp³-hybridized carbons (Fsp3) is 0.873. The molecule has 9 nitrogen and oxygen atoms in total. The minimum Gasteiger partial charge on any atom is -0.756 e. The van der Waals surface area contributed by atoms with Crippen molar-refractivity contribution in [1.82, 2.24) is 0 Å². The molecule has 0 saturated carbocycles. The van der Waals surface area contributed by atoms with Gasteiger partial charge in [-0.25, -0.2) is 0 Å². The first-order valence-corrected chi connectivity index (χ1v) is 40.3. The average molecular weight is 1270 g/mol. The summed E-state index contributed by atoms with van der Waals surface area (Å²) in [6.45, 7) is 4.21. The monoisotopic (exact) mass is 1270 g/mol. The highest BCUT2D eigenvalue weighted by Gasteiger charge is 2.22. The Morgan fingerprint density at radius 2 is 0.640 bits per heavy atom. The van der Waals surface area contributed by atoms with E-state index in [-0.39, 0.29) is 32.0 Å². The number of hydrogen-bond donors (Lipinski definition) is 0. The highest BCUT2D eigenvalue weighted by Crippen LogP contribution is 2.38. The summed E-state index contributed by atoms with van der Waals surface area (Å²) in [5.41, 5.74) is 0. The molecule has 0 bridgehead atoms. The van der Waals surface area contributed by atoms with Gasteiger partial charge >= 0.3 is 11.9 Å². The zero-order valence-electron chi connectivity index (χ0n) is 59.9. The molecule has 0 spiro atoms. The van der Waals surface area contributed by atoms with E-state index >= 15 is 0 Å². The second-order valence-corrected chi connectivity index (χ2v) is 29.1. The minimum absolute atomic E-state index is 0.0270. The van der Waals surface area contributed by atoms with Gasteiger partial charge in [0.05, 0.1) is 27.7 Å². The maximum atomic E-state index is 12.9. The van der Waals surface area contributed by atoms with Gasteiger partial charge in [0.15, 0.2) is 6.10 Å². The van der Waals surface area contributed by atoms with Crippen LogP contribution in [0.2, 0.25) is 0 Å². The van der Waals surface area contributed by atoms with Crippen LogP contribution in [0.15, 0.2) is 48.6 Å². The molecule has 524 valence electrons. The van der Waals surface area contributed by atoms with Gasteiger partial charge in [0.25, 0.3) is 7.82 Å². The molecule has 0 aromatic heterocycles. The lowest BCUT2D eigenvalue weighted by Crippen LogP contribution is -2.37. The molecule has 0 aliphatic heterocycles. The molecular weight excluding hydrogens is 1120 g/mol. The molecule has 10 heteroatoms. The number of carbonyl (C=O) groups is 2. The van der Waals surface area contributed by atoms with Crippen LogP contribution in [0.5, 0.6) is 0 Å². The van der Waals surface area contributed by atoms with E-state index in [2.05, 4.69) is 62.5 Å². The molecule has 0 N–H and O–H groups in total. The first kappa shape index (κ1) is 87.0. The van der Waals surface area contributed by atoms with Crippen molar-refractivity contribution >= 4 is 19.8 Å². The van der Waals surface area contributed by atoms with Crippen LogP contribution in [0, 0.1) is 0 Å². The van der Waals surface area contributed by atoms with E-state index in [4.69, 9.17) is 18.5 Å². The van der Waals surface area contributed by atoms with Gasteiger partial charge in [-0.1, -0.05) is 377 Å². The van der Waals surface area contributed by atoms with Crippen molar-refractivity contribution < 1.29 is 42.1 Å². The van der Waals surface area contributed by atoms with Crippen LogP contribution in [-0.4, -0.2) is 70.0 Å². The van der Waals surface area contributed by atoms with Gasteiger partial charge in [0.1, 0.15) is 19.8 Å². The number of rotatable bonds is 73. The van der Waals surface area contributed by atoms with Crippen LogP contribution in [0.1, 0.15) is 393 Å². The molecule has 2 atom stereocenters. The van der Waals surface area contributed by atoms with E-state index in [0.717, 1.165) is 57.8 Å². The summed E-state index contributed by atoms with van der Waals surface area (Å²) in [7, 11) is 1.19. The van der Waals surface area contributed by atoms with Crippen molar-refractivity contribution in [2.45, 2.75) is 399 Å². The highest BCUT2D eigenvalue weighted by atomic mass is 31.2. The second kappa shape index (κ2) is 70.3. The van der Waals surface area contributed by atoms with Crippen molar-refractivity contribution in [3.05, 3.63) is 48.6 Å². The Balaban J connectivity index is 3.90. The van der Waals surface area contributed by atoms with E-state index in [1.54, 1.807) is 0 Å². The Labute approximate surface area is 554 Å². The Morgan fingerprint density at radius 3 is 0.955 bits per heavy atom. The topological polar surface area (TPSA) is 111 Å². The number of likely N-dealkylation sites (N-methyl/N-ethyl adjacent to an activating group) is 1. The zero-order chi connectivity index (χ0) is 64.8. The number of carbonyl (C=O) groups excluding carboxylic acids is 2. The summed E-state index contributed by atoms with van der Waals surface area (Å²) in [6, 6.07) is 0. The number of unbranched alkanes of at least 4 members (excludes halogenated alkanes) is 51. The summed E-state index contributed by atoms with van der Waals surface area (Å²) in [5, 5.41) is 0. The molecule has 0 aliphatic rings. The minimum atomic E-state index is -4.64. The van der Waals surface area contributed by atoms with Gasteiger partial charge in [-0.3, -0.25) is 14.2 Å². The van der Waals surface area contributed by atoms with Gasteiger partial charge < -0.3 is 27.9 Å². The number of nitrogens with zero attached hydrogens (tertiary/aromatic N) is 1. The Bertz CT molecular complexity index is 1640. The van der Waals surface area contributed by atoms with Crippen molar-refractivity contribution in [2.24, 2.45) is 0 Å². The SMILES string of the molecule is CC/C=C\C/C=C\C/C=C\C/C=C\CCCCCCCCCCCCCCCCCCCCCCCCCCCCC(=O)OC(COC(=O)CCCCCCCCCCCCCCCCCCCCCCCCCCCC)COP(=O)([O-])OCC[N+](C)(C)C. The van der Waals surface area contributed by atoms with E-state index in [1.165, 1.54) is 302 Å². The maximum Gasteiger partial charge on any atom is 0.306 e. The summed E-state index contributed by atoms with van der Waals surface area (Å²) in [5.74, 6) is -0.807. The number of allylic oxidation sites excluding steroid dienone is 8. The van der Waals surface area contributed by atoms with Crippen LogP contribution < -0.4 is 4.89 Å². The number of quaternary nitrogens is 1. The number of phosphoric acid groups is 1. The first-order chi connectivity index (χ1) is 43.5. The molecule has 0 rings (SSSR count). The van der Waals surface area contributed by atoms with Crippen LogP contribution in [-0.2, 0) is 32.7 Å². The van der Waals surface area contributed by atoms with E-state index in [0.29, 0.717) is 17.4 Å². The third-order valence-electron chi connectivity index (χ3n) is 17.6. The van der Waals surface area contributed by atoms with Gasteiger partial charge in [-0.2, -0.15) is 0 Å². The highest BCUT2D eigenvalue weighted by molar-refractivity contribution is 7.45. The normalized spacial score (nSPS) is 13.3. The number of ether oxygens (including phenoxy) is 2. The third kappa shape index (κ3) is 74.9. The fourth-order valence-electron chi connectivity index (χ4n) is 11.7. The zero-order valence-corrected chi connectivity index (χ0v) is 60.8. The molecule has 2 unspecified atom stereocenters. The molecule has 0 aromatic rings. The van der Waals surface area contributed by atoms with Crippen molar-refractivity contribution in [3.63, 3.8) is 0 Å². The number of phosphoric ester groups is 1. The lowest BCUT2D eigenvalue weighted by Gasteiger charge is -2.28. The molecule has 0 radical (unpaired) electrons. The average Bonchev–Trinajstić information content (AvgIpc) is 3.60. The van der Waals surface area contributed by atoms with Crippen molar-refractivity contribution in [1.29, 1.82) is 0 Å². The summed E-state index contributed by atoms with van der Waals surface area (Å²) < 4.78 is 34.4. The largest absolute Gasteiger partial charge is 0.756 e. The number of hydrogen-bond acceptors (Lipinski definition) is 8. The summed E-state index contributed by atoms with van der Waals surface area (Å²) >= 11 is 0. The first-order valence-electron chi connectivity index (χ1n) is 38.8. The molecule has 0 fully saturated rings. The molecule has 0 heterocycles. The third-order valence-corrected chi connectivity index (χ3v) is 18.6. The lowest BCUT2D eigenvalue weighted by molar-refractivity contribution is -0.870. The predicted molar refractivity (Wildman–Crippen MR) is 384 cm³/mol. The van der Waals surface area contributed by atoms with E-state index in [9.17, 15) is 19.0 Å². The molecule has 0 amide bonds. The molecule has 0 aromatic carbocycles. The van der Waals surface area contributed by atoms with Crippen LogP contribution in [0.25, 0.3) is 0 Å². The standard InChI is InChI=1S/C79H150NO8P/c1-6-8-10-12-14-16-18-20-22-24-26-28-30-32-34-35-36-37-38-39-40-41-42-43-44-45-46-48-50-52-54-56-58-60-62-64-66-68-70-72-79(82)88-77(76-87-89(83,84)86-74-73-80(3,4)5)75-85-78(81)71-69-67-65-63-61-59-57-55-53-51-49-47-33-31-29-27-25-23-21-19-17-15-13-11-9-7-2/h8,10,14,16,20,22,26,28,77H,6-7,9,11-13,15,17-19,21,23-25,27,29-76H2,1-5H3/b10-8-,16-14-,22-20-,28-26-. The van der Waals surface area contributed by atoms with Crippen molar-refractivity contribution in [2.75, 3.05) is 47.5 Å². The van der Waals surface area contributed by atoms with Gasteiger partial charge in [0, 0.05) is 12.8 Å². The van der Waals surface area contributed by atoms with E-state index < -0.39 is 26.5 Å². The number of esters is 2. The van der Waals surface area contributed by atoms with E-state index in [1.807, 2.05) is 21.1 Å². The van der Waals surface area contributed by atoms with Crippen LogP contribution >= 0.6 is 7.82 Å². The van der Waals surface area contributed by atoms with Crippen molar-refractivity contribution in [3.8, 4) is 0 Å². The lowest BCUT2D eigenvalue weighted by atomic mass is 10.0. The van der Waals surface area contributed by atoms with Gasteiger partial charge in [-0.15, -0.1) is 0 Å². The van der Waals surface area contributed by atoms with Gasteiger partial charge in [0.2, 0.25) is 0 Å². The molecule has 0 saturated heterocycles. The predicted octanol–water partition coefficient (Wildman–Crippen LogP) is 24.9. The van der Waals surface area contributed by atoms with Crippen LogP contribution in [0.4, 0.5) is 0 Å². The molecule has 89 heavy (non-hydrogen) atoms. The summed E-state index contributed by atoms with van der Waals surface area (Å²) in [6.07, 6.45) is 92.3. The summed E-state index contributed by atoms with van der Waals surface area (Å²) in [4.78, 5) is 38.1. The fourth-order valence-corrected chi connectivity index (χ4v) is 12.4. The molecule has 0 aliphatic carbocycles. The quantitative estimate of drug-likeness (QED) is 0.0195. The van der Waals surface area contributed by atoms with Gasteiger partial charge in [-0.05, 0) is 51.4 Å². The maximum absolute atomic E-state index is 12.9. The van der Waals surface area contributed by atoms with Crippen LogP contribution in [0.3, 0.4) is 0 Å².